The highest BCUT2D eigenvalue weighted by Gasteiger charge is 2.61. The highest BCUT2D eigenvalue weighted by Crippen LogP contribution is 2.69. The Morgan fingerprint density at radius 1 is 1.07 bits per heavy atom. The molecular formula is C25H39NO. The zero-order chi connectivity index (χ0) is 19.2. The van der Waals surface area contributed by atoms with Crippen LogP contribution >= 0.6 is 0 Å². The normalized spacial score (nSPS) is 48.8. The number of fused-ring (bicyclic) bond motifs is 5. The highest BCUT2D eigenvalue weighted by atomic mass is 16.3. The predicted octanol–water partition coefficient (Wildman–Crippen LogP) is 7.03. The minimum Gasteiger partial charge on any atom is -0.513 e. The van der Waals surface area contributed by atoms with Crippen LogP contribution in [0.15, 0.2) is 12.3 Å². The fourth-order valence-corrected chi connectivity index (χ4v) is 8.57. The van der Waals surface area contributed by atoms with Gasteiger partial charge in [0, 0.05) is 12.3 Å². The van der Waals surface area contributed by atoms with E-state index >= 15 is 0 Å². The van der Waals surface area contributed by atoms with Crippen molar-refractivity contribution in [3.8, 4) is 6.07 Å². The molecule has 0 radical (unpaired) electrons. The number of hydrogen-bond donors (Lipinski definition) is 1. The Bertz CT molecular complexity index is 620. The summed E-state index contributed by atoms with van der Waals surface area (Å²) in [5.41, 5.74) is 0.926. The Kier molecular flexibility index (Phi) is 5.11. The van der Waals surface area contributed by atoms with Gasteiger partial charge < -0.3 is 5.11 Å². The molecule has 1 N–H and O–H groups in total. The van der Waals surface area contributed by atoms with E-state index in [1.54, 1.807) is 0 Å². The number of hydrogen-bond acceptors (Lipinski definition) is 2. The maximum absolute atomic E-state index is 10.1. The number of aliphatic hydroxyl groups excluding tert-OH is 1. The molecule has 0 aliphatic heterocycles. The van der Waals surface area contributed by atoms with Crippen molar-refractivity contribution in [3.05, 3.63) is 12.3 Å². The Hall–Kier alpha value is -0.970. The van der Waals surface area contributed by atoms with Crippen molar-refractivity contribution in [2.45, 2.75) is 90.9 Å². The van der Waals surface area contributed by atoms with Crippen molar-refractivity contribution in [3.63, 3.8) is 0 Å². The van der Waals surface area contributed by atoms with Gasteiger partial charge in [0.15, 0.2) is 0 Å². The van der Waals surface area contributed by atoms with E-state index in [-0.39, 0.29) is 0 Å². The molecule has 0 aromatic carbocycles. The topological polar surface area (TPSA) is 44.0 Å². The fourth-order valence-electron chi connectivity index (χ4n) is 8.57. The van der Waals surface area contributed by atoms with Crippen molar-refractivity contribution in [1.29, 1.82) is 5.26 Å². The molecule has 0 bridgehead atoms. The molecule has 0 heterocycles. The molecule has 8 atom stereocenters. The third-order valence-electron chi connectivity index (χ3n) is 10.0. The quantitative estimate of drug-likeness (QED) is 0.541. The molecule has 8 unspecified atom stereocenters. The lowest BCUT2D eigenvalue weighted by Crippen LogP contribution is -2.55. The van der Waals surface area contributed by atoms with E-state index < -0.39 is 0 Å². The van der Waals surface area contributed by atoms with Crippen LogP contribution in [0.4, 0.5) is 0 Å². The largest absolute Gasteiger partial charge is 0.513 e. The molecule has 0 saturated heterocycles. The van der Waals surface area contributed by atoms with Gasteiger partial charge in [-0.2, -0.15) is 5.26 Å². The van der Waals surface area contributed by atoms with E-state index in [9.17, 15) is 10.4 Å². The third kappa shape index (κ3) is 3.04. The Morgan fingerprint density at radius 2 is 1.85 bits per heavy atom. The van der Waals surface area contributed by atoms with Gasteiger partial charge in [-0.15, -0.1) is 0 Å². The minimum atomic E-state index is 0.298. The molecule has 2 nitrogen and oxygen atoms in total. The summed E-state index contributed by atoms with van der Waals surface area (Å²) >= 11 is 0. The Morgan fingerprint density at radius 3 is 2.59 bits per heavy atom. The molecule has 4 aliphatic rings. The van der Waals surface area contributed by atoms with Gasteiger partial charge in [-0.05, 0) is 98.2 Å². The maximum Gasteiger partial charge on any atom is 0.0851 e. The first-order chi connectivity index (χ1) is 12.9. The van der Waals surface area contributed by atoms with Crippen molar-refractivity contribution in [1.82, 2.24) is 0 Å². The summed E-state index contributed by atoms with van der Waals surface area (Å²) < 4.78 is 0. The van der Waals surface area contributed by atoms with Crippen LogP contribution in [0.5, 0.6) is 0 Å². The molecule has 4 aliphatic carbocycles. The van der Waals surface area contributed by atoms with Crippen LogP contribution in [0, 0.1) is 57.7 Å². The molecule has 150 valence electrons. The van der Waals surface area contributed by atoms with Gasteiger partial charge in [0.2, 0.25) is 0 Å². The monoisotopic (exact) mass is 369 g/mol. The summed E-state index contributed by atoms with van der Waals surface area (Å²) in [6.07, 6.45) is 15.2. The van der Waals surface area contributed by atoms with Crippen LogP contribution in [-0.4, -0.2) is 5.11 Å². The van der Waals surface area contributed by atoms with Gasteiger partial charge >= 0.3 is 0 Å². The van der Waals surface area contributed by atoms with E-state index in [2.05, 4.69) is 26.5 Å². The van der Waals surface area contributed by atoms with Crippen LogP contribution < -0.4 is 0 Å². The van der Waals surface area contributed by atoms with Crippen molar-refractivity contribution >= 4 is 0 Å². The second kappa shape index (κ2) is 7.13. The SMILES string of the molecule is C=C(O)CCCC1CCC2C3C(C#N)CC4CCCCC4(C)C3CCC12C. The molecule has 27 heavy (non-hydrogen) atoms. The molecule has 4 saturated carbocycles. The van der Waals surface area contributed by atoms with Crippen LogP contribution in [0.1, 0.15) is 90.9 Å². The first-order valence-corrected chi connectivity index (χ1v) is 11.7. The zero-order valence-corrected chi connectivity index (χ0v) is 17.6. The standard InChI is InChI=1S/C25H39NO/c1-17(27)7-6-9-19-10-11-21-23-18(16-26)15-20-8-4-5-13-24(20,2)22(23)12-14-25(19,21)3/h18-23,27H,1,4-15H2,2-3H3. The zero-order valence-electron chi connectivity index (χ0n) is 17.6. The van der Waals surface area contributed by atoms with Gasteiger partial charge in [0.1, 0.15) is 0 Å². The van der Waals surface area contributed by atoms with E-state index in [1.807, 2.05) is 0 Å². The number of allylic oxidation sites excluding steroid dienone is 1. The predicted molar refractivity (Wildman–Crippen MR) is 110 cm³/mol. The average molecular weight is 370 g/mol. The molecule has 0 aromatic heterocycles. The minimum absolute atomic E-state index is 0.298. The van der Waals surface area contributed by atoms with Crippen LogP contribution in [-0.2, 0) is 0 Å². The second-order valence-corrected chi connectivity index (χ2v) is 11.0. The molecule has 4 fully saturated rings. The molecule has 0 spiro atoms. The summed E-state index contributed by atoms with van der Waals surface area (Å²) in [4.78, 5) is 0. The first kappa shape index (κ1) is 19.4. The number of aliphatic hydroxyl groups is 1. The van der Waals surface area contributed by atoms with Crippen molar-refractivity contribution in [2.24, 2.45) is 46.3 Å². The van der Waals surface area contributed by atoms with Crippen LogP contribution in [0.3, 0.4) is 0 Å². The van der Waals surface area contributed by atoms with Gasteiger partial charge in [0.25, 0.3) is 0 Å². The van der Waals surface area contributed by atoms with E-state index in [0.717, 1.165) is 36.5 Å². The highest BCUT2D eigenvalue weighted by molar-refractivity contribution is 5.13. The van der Waals surface area contributed by atoms with Gasteiger partial charge in [-0.25, -0.2) is 0 Å². The van der Waals surface area contributed by atoms with E-state index in [4.69, 9.17) is 0 Å². The van der Waals surface area contributed by atoms with Gasteiger partial charge in [0.05, 0.1) is 11.8 Å². The lowest BCUT2D eigenvalue weighted by atomic mass is 9.42. The Balaban J connectivity index is 1.57. The fraction of sp³-hybridized carbons (Fsp3) is 0.880. The van der Waals surface area contributed by atoms with Crippen LogP contribution in [0.2, 0.25) is 0 Å². The number of nitrogens with zero attached hydrogens (tertiary/aromatic N) is 1. The van der Waals surface area contributed by atoms with Crippen molar-refractivity contribution in [2.75, 3.05) is 0 Å². The third-order valence-corrected chi connectivity index (χ3v) is 10.0. The molecular weight excluding hydrogens is 330 g/mol. The Labute approximate surface area is 166 Å². The average Bonchev–Trinajstić information content (AvgIpc) is 2.97. The summed E-state index contributed by atoms with van der Waals surface area (Å²) in [6.45, 7) is 8.82. The smallest absolute Gasteiger partial charge is 0.0851 e. The summed E-state index contributed by atoms with van der Waals surface area (Å²) in [7, 11) is 0. The second-order valence-electron chi connectivity index (χ2n) is 11.0. The maximum atomic E-state index is 10.1. The van der Waals surface area contributed by atoms with Crippen LogP contribution in [0.25, 0.3) is 0 Å². The molecule has 0 aromatic rings. The molecule has 0 amide bonds. The number of rotatable bonds is 4. The molecule has 2 heteroatoms. The van der Waals surface area contributed by atoms with E-state index in [0.29, 0.717) is 28.4 Å². The van der Waals surface area contributed by atoms with Gasteiger partial charge in [-0.3, -0.25) is 0 Å². The van der Waals surface area contributed by atoms with Crippen molar-refractivity contribution < 1.29 is 5.11 Å². The van der Waals surface area contributed by atoms with Gasteiger partial charge in [-0.1, -0.05) is 33.3 Å². The summed E-state index contributed by atoms with van der Waals surface area (Å²) in [5, 5.41) is 19.5. The lowest BCUT2D eigenvalue weighted by Gasteiger charge is -2.61. The number of nitriles is 1. The van der Waals surface area contributed by atoms with E-state index in [1.165, 1.54) is 64.2 Å². The lowest BCUT2D eigenvalue weighted by molar-refractivity contribution is -0.127. The first-order valence-electron chi connectivity index (χ1n) is 11.7. The summed E-state index contributed by atoms with van der Waals surface area (Å²) in [5.74, 6) is 4.40. The molecule has 4 rings (SSSR count). The summed E-state index contributed by atoms with van der Waals surface area (Å²) in [6, 6.07) is 2.81.